The standard InChI is InChI=1S/C14H20N4O3/c15-12-2-1-3-13(14(12)18(20)21)17-10-4-5-11(17)9-16(8-10)6-7-19/h1-3,10-11,19H,4-9,15H2. The third kappa shape index (κ3) is 2.43. The van der Waals surface area contributed by atoms with Gasteiger partial charge in [-0.05, 0) is 25.0 Å². The molecule has 2 aliphatic heterocycles. The van der Waals surface area contributed by atoms with E-state index in [4.69, 9.17) is 10.8 Å². The van der Waals surface area contributed by atoms with Gasteiger partial charge in [0.1, 0.15) is 11.4 Å². The molecule has 0 saturated carbocycles. The number of nitro benzene ring substituents is 1. The smallest absolute Gasteiger partial charge is 0.315 e. The van der Waals surface area contributed by atoms with Gasteiger partial charge >= 0.3 is 5.69 Å². The van der Waals surface area contributed by atoms with Gasteiger partial charge in [-0.2, -0.15) is 0 Å². The molecule has 2 fully saturated rings. The zero-order chi connectivity index (χ0) is 15.0. The molecule has 0 aromatic heterocycles. The van der Waals surface area contributed by atoms with Crippen molar-refractivity contribution in [2.24, 2.45) is 0 Å². The number of nitro groups is 1. The molecule has 2 bridgehead atoms. The predicted molar refractivity (Wildman–Crippen MR) is 80.3 cm³/mol. The van der Waals surface area contributed by atoms with Gasteiger partial charge in [0.05, 0.1) is 11.5 Å². The molecule has 3 rings (SSSR count). The molecule has 2 saturated heterocycles. The summed E-state index contributed by atoms with van der Waals surface area (Å²) in [5.74, 6) is 0. The van der Waals surface area contributed by atoms with E-state index in [1.165, 1.54) is 0 Å². The van der Waals surface area contributed by atoms with Crippen molar-refractivity contribution in [3.8, 4) is 0 Å². The molecule has 2 heterocycles. The van der Waals surface area contributed by atoms with Crippen LogP contribution in [0.5, 0.6) is 0 Å². The lowest BCUT2D eigenvalue weighted by molar-refractivity contribution is -0.383. The Morgan fingerprint density at radius 3 is 2.57 bits per heavy atom. The lowest BCUT2D eigenvalue weighted by Gasteiger charge is -2.42. The summed E-state index contributed by atoms with van der Waals surface area (Å²) in [6.45, 7) is 2.49. The molecule has 0 spiro atoms. The van der Waals surface area contributed by atoms with Crippen molar-refractivity contribution in [1.82, 2.24) is 4.90 Å². The summed E-state index contributed by atoms with van der Waals surface area (Å²) in [5.41, 5.74) is 6.67. The summed E-state index contributed by atoms with van der Waals surface area (Å²) < 4.78 is 0. The maximum atomic E-state index is 11.3. The number of hydrogen-bond donors (Lipinski definition) is 2. The van der Waals surface area contributed by atoms with Crippen molar-refractivity contribution in [2.75, 3.05) is 36.9 Å². The van der Waals surface area contributed by atoms with Gasteiger partial charge in [-0.1, -0.05) is 6.07 Å². The van der Waals surface area contributed by atoms with Crippen molar-refractivity contribution >= 4 is 17.1 Å². The second kappa shape index (κ2) is 5.50. The lowest BCUT2D eigenvalue weighted by atomic mass is 10.1. The molecular weight excluding hydrogens is 272 g/mol. The molecule has 2 unspecified atom stereocenters. The number of nitrogens with zero attached hydrogens (tertiary/aromatic N) is 3. The first-order chi connectivity index (χ1) is 10.1. The highest BCUT2D eigenvalue weighted by molar-refractivity contribution is 5.76. The quantitative estimate of drug-likeness (QED) is 0.484. The number of β-amino-alcohol motifs (C(OH)–C–C–N with tert-alkyl or cyclic N) is 1. The van der Waals surface area contributed by atoms with Crippen LogP contribution in [0.2, 0.25) is 0 Å². The van der Waals surface area contributed by atoms with Crippen LogP contribution in [0.25, 0.3) is 0 Å². The number of aliphatic hydroxyl groups excluding tert-OH is 1. The van der Waals surface area contributed by atoms with Gasteiger partial charge in [0.25, 0.3) is 0 Å². The minimum absolute atomic E-state index is 0.0185. The number of likely N-dealkylation sites (tertiary alicyclic amines) is 1. The van der Waals surface area contributed by atoms with E-state index in [9.17, 15) is 10.1 Å². The highest BCUT2D eigenvalue weighted by Crippen LogP contribution is 2.41. The molecule has 0 amide bonds. The van der Waals surface area contributed by atoms with Crippen LogP contribution < -0.4 is 10.6 Å². The van der Waals surface area contributed by atoms with Crippen LogP contribution in [0.4, 0.5) is 17.1 Å². The number of para-hydroxylation sites is 1. The summed E-state index contributed by atoms with van der Waals surface area (Å²) in [4.78, 5) is 15.4. The van der Waals surface area contributed by atoms with Crippen LogP contribution in [0.3, 0.4) is 0 Å². The average Bonchev–Trinajstić information content (AvgIpc) is 2.69. The topological polar surface area (TPSA) is 95.9 Å². The molecule has 3 N–H and O–H groups in total. The summed E-state index contributed by atoms with van der Waals surface area (Å²) in [6, 6.07) is 5.66. The van der Waals surface area contributed by atoms with E-state index in [0.717, 1.165) is 25.9 Å². The maximum Gasteiger partial charge on any atom is 0.315 e. The van der Waals surface area contributed by atoms with E-state index in [-0.39, 0.29) is 35.0 Å². The highest BCUT2D eigenvalue weighted by atomic mass is 16.6. The zero-order valence-electron chi connectivity index (χ0n) is 11.8. The number of rotatable bonds is 4. The van der Waals surface area contributed by atoms with Gasteiger partial charge in [-0.15, -0.1) is 0 Å². The van der Waals surface area contributed by atoms with Crippen LogP contribution in [-0.2, 0) is 0 Å². The van der Waals surface area contributed by atoms with Gasteiger partial charge in [0.2, 0.25) is 0 Å². The van der Waals surface area contributed by atoms with E-state index in [1.54, 1.807) is 18.2 Å². The van der Waals surface area contributed by atoms with Crippen molar-refractivity contribution in [2.45, 2.75) is 24.9 Å². The molecule has 1 aromatic rings. The number of piperazine rings is 1. The van der Waals surface area contributed by atoms with Crippen LogP contribution in [-0.4, -0.2) is 53.3 Å². The molecule has 21 heavy (non-hydrogen) atoms. The Balaban J connectivity index is 1.93. The fraction of sp³-hybridized carbons (Fsp3) is 0.571. The first kappa shape index (κ1) is 14.1. The second-order valence-electron chi connectivity index (χ2n) is 5.75. The average molecular weight is 292 g/mol. The van der Waals surface area contributed by atoms with Crippen LogP contribution in [0.1, 0.15) is 12.8 Å². The zero-order valence-corrected chi connectivity index (χ0v) is 11.8. The number of benzene rings is 1. The van der Waals surface area contributed by atoms with Gasteiger partial charge in [-0.3, -0.25) is 15.0 Å². The third-order valence-electron chi connectivity index (χ3n) is 4.48. The second-order valence-corrected chi connectivity index (χ2v) is 5.75. The molecule has 0 aliphatic carbocycles. The van der Waals surface area contributed by atoms with Gasteiger partial charge in [-0.25, -0.2) is 0 Å². The maximum absolute atomic E-state index is 11.3. The van der Waals surface area contributed by atoms with Gasteiger partial charge in [0.15, 0.2) is 0 Å². The number of nitrogen functional groups attached to an aromatic ring is 1. The fourth-order valence-electron chi connectivity index (χ4n) is 3.66. The number of fused-ring (bicyclic) bond motifs is 2. The van der Waals surface area contributed by atoms with Crippen molar-refractivity contribution in [3.05, 3.63) is 28.3 Å². The molecule has 7 heteroatoms. The Bertz CT molecular complexity index is 537. The summed E-state index contributed by atoms with van der Waals surface area (Å²) in [6.07, 6.45) is 2.05. The molecule has 2 aliphatic rings. The van der Waals surface area contributed by atoms with E-state index in [0.29, 0.717) is 12.2 Å². The van der Waals surface area contributed by atoms with Crippen molar-refractivity contribution in [1.29, 1.82) is 0 Å². The Labute approximate surface area is 123 Å². The van der Waals surface area contributed by atoms with Crippen LogP contribution in [0.15, 0.2) is 18.2 Å². The summed E-state index contributed by atoms with van der Waals surface area (Å²) in [5, 5.41) is 20.4. The number of aliphatic hydroxyl groups is 1. The molecule has 0 radical (unpaired) electrons. The van der Waals surface area contributed by atoms with E-state index >= 15 is 0 Å². The lowest BCUT2D eigenvalue weighted by Crippen LogP contribution is -2.54. The fourth-order valence-corrected chi connectivity index (χ4v) is 3.66. The minimum atomic E-state index is -0.385. The van der Waals surface area contributed by atoms with E-state index < -0.39 is 0 Å². The van der Waals surface area contributed by atoms with Crippen LogP contribution in [0, 0.1) is 10.1 Å². The monoisotopic (exact) mass is 292 g/mol. The Kier molecular flexibility index (Phi) is 3.69. The Morgan fingerprint density at radius 2 is 2.00 bits per heavy atom. The van der Waals surface area contributed by atoms with Crippen molar-refractivity contribution in [3.63, 3.8) is 0 Å². The minimum Gasteiger partial charge on any atom is -0.395 e. The van der Waals surface area contributed by atoms with E-state index in [2.05, 4.69) is 9.80 Å². The number of anilines is 2. The molecule has 1 aromatic carbocycles. The Hall–Kier alpha value is -1.86. The number of hydrogen-bond acceptors (Lipinski definition) is 6. The predicted octanol–water partition coefficient (Wildman–Crippen LogP) is 0.822. The summed E-state index contributed by atoms with van der Waals surface area (Å²) in [7, 11) is 0. The molecular formula is C14H20N4O3. The number of nitrogens with two attached hydrogens (primary N) is 1. The summed E-state index contributed by atoms with van der Waals surface area (Å²) >= 11 is 0. The van der Waals surface area contributed by atoms with Crippen molar-refractivity contribution < 1.29 is 10.0 Å². The highest BCUT2D eigenvalue weighted by Gasteiger charge is 2.42. The first-order valence-electron chi connectivity index (χ1n) is 7.26. The molecule has 7 nitrogen and oxygen atoms in total. The Morgan fingerprint density at radius 1 is 1.33 bits per heavy atom. The van der Waals surface area contributed by atoms with Gasteiger partial charge < -0.3 is 15.7 Å². The normalized spacial score (nSPS) is 25.3. The molecule has 2 atom stereocenters. The van der Waals surface area contributed by atoms with Gasteiger partial charge in [0, 0.05) is 31.7 Å². The first-order valence-corrected chi connectivity index (χ1v) is 7.26. The van der Waals surface area contributed by atoms with E-state index in [1.807, 2.05) is 0 Å². The molecule has 114 valence electrons. The van der Waals surface area contributed by atoms with Crippen LogP contribution >= 0.6 is 0 Å². The third-order valence-corrected chi connectivity index (χ3v) is 4.48. The largest absolute Gasteiger partial charge is 0.395 e. The SMILES string of the molecule is Nc1cccc(N2C3CCC2CN(CCO)C3)c1[N+](=O)[O-].